The Labute approximate surface area is 153 Å². The third-order valence-corrected chi connectivity index (χ3v) is 5.47. The van der Waals surface area contributed by atoms with Gasteiger partial charge in [-0.05, 0) is 61.3 Å². The lowest BCUT2D eigenvalue weighted by atomic mass is 10.0. The van der Waals surface area contributed by atoms with Gasteiger partial charge in [-0.3, -0.25) is 9.69 Å². The number of aromatic hydroxyl groups is 1. The van der Waals surface area contributed by atoms with Gasteiger partial charge in [0, 0.05) is 18.7 Å². The van der Waals surface area contributed by atoms with Crippen LogP contribution in [0.3, 0.4) is 0 Å². The number of phenolic OH excluding ortho intramolecular Hbond substituents is 1. The van der Waals surface area contributed by atoms with Crippen LogP contribution in [0.2, 0.25) is 0 Å². The fraction of sp³-hybridized carbons (Fsp3) is 0.381. The number of hydrogen-bond acceptors (Lipinski definition) is 4. The molecule has 2 aromatic rings. The van der Waals surface area contributed by atoms with Crippen LogP contribution in [-0.4, -0.2) is 64.2 Å². The Kier molecular flexibility index (Phi) is 4.66. The number of aliphatic hydroxyl groups is 1. The number of hydrogen-bond donors (Lipinski definition) is 2. The van der Waals surface area contributed by atoms with Crippen molar-refractivity contribution in [1.82, 2.24) is 9.80 Å². The number of amides is 1. The van der Waals surface area contributed by atoms with Crippen molar-refractivity contribution in [2.75, 3.05) is 26.2 Å². The first-order valence-corrected chi connectivity index (χ1v) is 9.23. The Hall–Kier alpha value is -2.37. The molecule has 4 rings (SSSR count). The number of rotatable bonds is 3. The summed E-state index contributed by atoms with van der Waals surface area (Å²) >= 11 is 0. The van der Waals surface area contributed by atoms with Gasteiger partial charge in [0.1, 0.15) is 5.75 Å². The van der Waals surface area contributed by atoms with Gasteiger partial charge >= 0.3 is 0 Å². The van der Waals surface area contributed by atoms with E-state index in [4.69, 9.17) is 0 Å². The lowest BCUT2D eigenvalue weighted by Gasteiger charge is -2.25. The molecule has 2 atom stereocenters. The number of nitrogens with zero attached hydrogens (tertiary/aromatic N) is 2. The molecule has 136 valence electrons. The Bertz CT molecular complexity index is 784. The van der Waals surface area contributed by atoms with E-state index in [-0.39, 0.29) is 17.7 Å². The molecule has 0 aromatic heterocycles. The molecule has 2 N–H and O–H groups in total. The summed E-state index contributed by atoms with van der Waals surface area (Å²) in [5.74, 6) is 0.186. The smallest absolute Gasteiger partial charge is 0.254 e. The van der Waals surface area contributed by atoms with E-state index in [0.29, 0.717) is 18.7 Å². The summed E-state index contributed by atoms with van der Waals surface area (Å²) in [6.45, 7) is 3.01. The van der Waals surface area contributed by atoms with Crippen LogP contribution in [0.1, 0.15) is 23.2 Å². The second kappa shape index (κ2) is 7.09. The molecule has 0 saturated carbocycles. The molecule has 0 bridgehead atoms. The second-order valence-corrected chi connectivity index (χ2v) is 7.22. The molecule has 2 saturated heterocycles. The van der Waals surface area contributed by atoms with Gasteiger partial charge in [-0.25, -0.2) is 0 Å². The molecule has 2 aliphatic rings. The number of likely N-dealkylation sites (tertiary alicyclic amines) is 2. The van der Waals surface area contributed by atoms with Gasteiger partial charge in [0.15, 0.2) is 0 Å². The SMILES string of the molecule is O=C(c1cccc(-c2ccc(O)cc2)c1)N1C[C@H](O)[C@@H](N2CCCC2)C1. The Morgan fingerprint density at radius 3 is 2.42 bits per heavy atom. The molecule has 0 radical (unpaired) electrons. The number of aliphatic hydroxyl groups excluding tert-OH is 1. The minimum absolute atomic E-state index is 0.0358. The maximum Gasteiger partial charge on any atom is 0.254 e. The number of carbonyl (C=O) groups excluding carboxylic acids is 1. The average Bonchev–Trinajstić information content (AvgIpc) is 3.31. The topological polar surface area (TPSA) is 64.0 Å². The van der Waals surface area contributed by atoms with Crippen LogP contribution in [-0.2, 0) is 0 Å². The van der Waals surface area contributed by atoms with Crippen molar-refractivity contribution in [3.05, 3.63) is 54.1 Å². The van der Waals surface area contributed by atoms with E-state index in [1.165, 1.54) is 12.8 Å². The number of phenols is 1. The van der Waals surface area contributed by atoms with Gasteiger partial charge in [-0.1, -0.05) is 24.3 Å². The highest BCUT2D eigenvalue weighted by atomic mass is 16.3. The molecule has 2 fully saturated rings. The van der Waals surface area contributed by atoms with Gasteiger partial charge in [-0.2, -0.15) is 0 Å². The van der Waals surface area contributed by atoms with Crippen molar-refractivity contribution >= 4 is 5.91 Å². The molecular weight excluding hydrogens is 328 g/mol. The molecule has 2 aliphatic heterocycles. The summed E-state index contributed by atoms with van der Waals surface area (Å²) < 4.78 is 0. The minimum atomic E-state index is -0.475. The van der Waals surface area contributed by atoms with Gasteiger partial charge in [0.2, 0.25) is 0 Å². The van der Waals surface area contributed by atoms with Gasteiger partial charge in [0.05, 0.1) is 12.1 Å². The molecule has 26 heavy (non-hydrogen) atoms. The summed E-state index contributed by atoms with van der Waals surface area (Å²) in [5, 5.41) is 19.9. The van der Waals surface area contributed by atoms with E-state index < -0.39 is 6.10 Å². The Morgan fingerprint density at radius 1 is 0.962 bits per heavy atom. The third-order valence-electron chi connectivity index (χ3n) is 5.47. The zero-order chi connectivity index (χ0) is 18.1. The predicted molar refractivity (Wildman–Crippen MR) is 100 cm³/mol. The Morgan fingerprint density at radius 2 is 1.69 bits per heavy atom. The lowest BCUT2D eigenvalue weighted by molar-refractivity contribution is 0.0763. The first-order valence-electron chi connectivity index (χ1n) is 9.23. The van der Waals surface area contributed by atoms with E-state index in [2.05, 4.69) is 4.90 Å². The highest BCUT2D eigenvalue weighted by Crippen LogP contribution is 2.25. The number of β-amino-alcohol motifs (C(OH)–C–C–N with tert-alkyl or cyclic N) is 1. The van der Waals surface area contributed by atoms with Crippen LogP contribution >= 0.6 is 0 Å². The third kappa shape index (κ3) is 3.32. The van der Waals surface area contributed by atoms with E-state index in [9.17, 15) is 15.0 Å². The summed E-state index contributed by atoms with van der Waals surface area (Å²) in [7, 11) is 0. The molecular formula is C21H24N2O3. The van der Waals surface area contributed by atoms with Crippen molar-refractivity contribution < 1.29 is 15.0 Å². The quantitative estimate of drug-likeness (QED) is 0.890. The van der Waals surface area contributed by atoms with Gasteiger partial charge in [0.25, 0.3) is 5.91 Å². The van der Waals surface area contributed by atoms with Crippen molar-refractivity contribution in [1.29, 1.82) is 0 Å². The van der Waals surface area contributed by atoms with E-state index in [1.54, 1.807) is 17.0 Å². The highest BCUT2D eigenvalue weighted by Gasteiger charge is 2.38. The fourth-order valence-corrected chi connectivity index (χ4v) is 4.04. The molecule has 2 heterocycles. The summed E-state index contributed by atoms with van der Waals surface area (Å²) in [5.41, 5.74) is 2.52. The van der Waals surface area contributed by atoms with Crippen LogP contribution in [0.25, 0.3) is 11.1 Å². The van der Waals surface area contributed by atoms with Gasteiger partial charge < -0.3 is 15.1 Å². The molecule has 2 aromatic carbocycles. The van der Waals surface area contributed by atoms with E-state index >= 15 is 0 Å². The zero-order valence-electron chi connectivity index (χ0n) is 14.7. The molecule has 5 nitrogen and oxygen atoms in total. The standard InChI is InChI=1S/C21H24N2O3/c24-18-8-6-15(7-9-18)16-4-3-5-17(12-16)21(26)23-13-19(20(25)14-23)22-10-1-2-11-22/h3-9,12,19-20,24-25H,1-2,10-11,13-14H2/t19-,20-/m0/s1. The van der Waals surface area contributed by atoms with E-state index in [0.717, 1.165) is 24.2 Å². The van der Waals surface area contributed by atoms with E-state index in [1.807, 2.05) is 36.4 Å². The normalized spacial score (nSPS) is 23.5. The molecule has 0 unspecified atom stereocenters. The van der Waals surface area contributed by atoms with Crippen LogP contribution in [0.4, 0.5) is 0 Å². The van der Waals surface area contributed by atoms with Crippen molar-refractivity contribution in [3.63, 3.8) is 0 Å². The summed E-state index contributed by atoms with van der Waals surface area (Å²) in [6.07, 6.45) is 1.87. The summed E-state index contributed by atoms with van der Waals surface area (Å²) in [6, 6.07) is 14.5. The highest BCUT2D eigenvalue weighted by molar-refractivity contribution is 5.95. The zero-order valence-corrected chi connectivity index (χ0v) is 14.7. The largest absolute Gasteiger partial charge is 0.508 e. The maximum absolute atomic E-state index is 12.9. The van der Waals surface area contributed by atoms with Crippen LogP contribution in [0.15, 0.2) is 48.5 Å². The monoisotopic (exact) mass is 352 g/mol. The fourth-order valence-electron chi connectivity index (χ4n) is 4.04. The molecule has 0 spiro atoms. The van der Waals surface area contributed by atoms with Crippen LogP contribution in [0.5, 0.6) is 5.75 Å². The summed E-state index contributed by atoms with van der Waals surface area (Å²) in [4.78, 5) is 17.0. The van der Waals surface area contributed by atoms with Gasteiger partial charge in [-0.15, -0.1) is 0 Å². The molecule has 5 heteroatoms. The van der Waals surface area contributed by atoms with Crippen molar-refractivity contribution in [3.8, 4) is 16.9 Å². The number of benzene rings is 2. The van der Waals surface area contributed by atoms with Crippen LogP contribution in [0, 0.1) is 0 Å². The van der Waals surface area contributed by atoms with Crippen LogP contribution < -0.4 is 0 Å². The first kappa shape index (κ1) is 17.1. The first-order chi connectivity index (χ1) is 12.6. The predicted octanol–water partition coefficient (Wildman–Crippen LogP) is 2.34. The number of carbonyl (C=O) groups is 1. The Balaban J connectivity index is 1.51. The second-order valence-electron chi connectivity index (χ2n) is 7.22. The molecule has 1 amide bonds. The minimum Gasteiger partial charge on any atom is -0.508 e. The average molecular weight is 352 g/mol. The van der Waals surface area contributed by atoms with Crippen molar-refractivity contribution in [2.45, 2.75) is 25.0 Å². The maximum atomic E-state index is 12.9. The lowest BCUT2D eigenvalue weighted by Crippen LogP contribution is -2.41. The molecule has 0 aliphatic carbocycles. The van der Waals surface area contributed by atoms with Crippen molar-refractivity contribution in [2.24, 2.45) is 0 Å².